The molecule has 2 saturated heterocycles. The molecule has 0 saturated carbocycles. The molecule has 0 spiro atoms. The van der Waals surface area contributed by atoms with Crippen molar-refractivity contribution < 1.29 is 27.5 Å². The van der Waals surface area contributed by atoms with Gasteiger partial charge < -0.3 is 19.1 Å². The average molecular weight is 529 g/mol. The lowest BCUT2D eigenvalue weighted by molar-refractivity contribution is -0.137. The van der Waals surface area contributed by atoms with E-state index in [4.69, 9.17) is 4.74 Å². The molecular weight excluding hydrogens is 497 g/mol. The summed E-state index contributed by atoms with van der Waals surface area (Å²) >= 11 is 0. The summed E-state index contributed by atoms with van der Waals surface area (Å²) in [5.74, 6) is -0.386. The maximum absolute atomic E-state index is 13.5. The van der Waals surface area contributed by atoms with E-state index in [1.165, 1.54) is 6.07 Å². The number of hydrogen-bond acceptors (Lipinski definition) is 4. The Morgan fingerprint density at radius 1 is 0.842 bits per heavy atom. The number of hydrogen-bond donors (Lipinski definition) is 0. The van der Waals surface area contributed by atoms with Crippen LogP contribution in [-0.4, -0.2) is 89.6 Å². The van der Waals surface area contributed by atoms with Gasteiger partial charge in [-0.1, -0.05) is 6.07 Å². The van der Waals surface area contributed by atoms with Crippen molar-refractivity contribution in [3.8, 4) is 5.69 Å². The minimum Gasteiger partial charge on any atom is -0.378 e. The maximum atomic E-state index is 13.5. The molecule has 2 aromatic carbocycles. The second kappa shape index (κ2) is 10.4. The number of aromatic nitrogens is 1. The van der Waals surface area contributed by atoms with E-state index in [9.17, 15) is 22.8 Å². The summed E-state index contributed by atoms with van der Waals surface area (Å²) in [5.41, 5.74) is 0.727. The number of carbonyl (C=O) groups excluding carboxylic acids is 2. The Morgan fingerprint density at radius 2 is 1.53 bits per heavy atom. The summed E-state index contributed by atoms with van der Waals surface area (Å²) in [5, 5.41) is 0.616. The number of carbonyl (C=O) groups is 2. The molecule has 0 N–H and O–H groups in total. The SMILES string of the molecule is CC(C)N1CCN(C(=O)c2ccc3c(c2)cc(C(=O)N2CCOCC2)n3-c2cccc(C(F)(F)F)c2)CC1. The van der Waals surface area contributed by atoms with Crippen molar-refractivity contribution in [1.29, 1.82) is 0 Å². The molecule has 2 aliphatic rings. The van der Waals surface area contributed by atoms with E-state index >= 15 is 0 Å². The molecule has 0 bridgehead atoms. The monoisotopic (exact) mass is 528 g/mol. The van der Waals surface area contributed by atoms with Crippen molar-refractivity contribution in [3.05, 3.63) is 65.4 Å². The zero-order chi connectivity index (χ0) is 27.0. The predicted molar refractivity (Wildman–Crippen MR) is 138 cm³/mol. The van der Waals surface area contributed by atoms with Gasteiger partial charge in [-0.05, 0) is 56.3 Å². The van der Waals surface area contributed by atoms with Gasteiger partial charge >= 0.3 is 6.18 Å². The van der Waals surface area contributed by atoms with E-state index in [-0.39, 0.29) is 23.2 Å². The molecule has 2 aliphatic heterocycles. The van der Waals surface area contributed by atoms with Crippen LogP contribution in [0, 0.1) is 0 Å². The van der Waals surface area contributed by atoms with Crippen molar-refractivity contribution in [1.82, 2.24) is 19.3 Å². The van der Waals surface area contributed by atoms with Crippen molar-refractivity contribution in [2.75, 3.05) is 52.5 Å². The molecular formula is C28H31F3N4O3. The molecule has 2 amide bonds. The first-order chi connectivity index (χ1) is 18.1. The molecule has 0 atom stereocenters. The summed E-state index contributed by atoms with van der Waals surface area (Å²) in [4.78, 5) is 32.6. The van der Waals surface area contributed by atoms with Gasteiger partial charge in [0.15, 0.2) is 0 Å². The fourth-order valence-electron chi connectivity index (χ4n) is 5.16. The lowest BCUT2D eigenvalue weighted by atomic mass is 10.1. The second-order valence-corrected chi connectivity index (χ2v) is 10.0. The van der Waals surface area contributed by atoms with Crippen molar-refractivity contribution in [2.24, 2.45) is 0 Å². The summed E-state index contributed by atoms with van der Waals surface area (Å²) < 4.78 is 47.5. The van der Waals surface area contributed by atoms with Gasteiger partial charge in [-0.25, -0.2) is 0 Å². The molecule has 0 unspecified atom stereocenters. The normalized spacial score (nSPS) is 17.4. The fraction of sp³-hybridized carbons (Fsp3) is 0.429. The predicted octanol–water partition coefficient (Wildman–Crippen LogP) is 4.29. The van der Waals surface area contributed by atoms with Crippen LogP contribution in [-0.2, 0) is 10.9 Å². The van der Waals surface area contributed by atoms with E-state index < -0.39 is 11.7 Å². The van der Waals surface area contributed by atoms with Gasteiger partial charge in [0, 0.05) is 61.9 Å². The molecule has 3 aromatic rings. The molecule has 3 heterocycles. The number of halogens is 3. The van der Waals surface area contributed by atoms with Crippen LogP contribution in [0.25, 0.3) is 16.6 Å². The highest BCUT2D eigenvalue weighted by atomic mass is 19.4. The Morgan fingerprint density at radius 3 is 2.18 bits per heavy atom. The van der Waals surface area contributed by atoms with Crippen LogP contribution in [0.1, 0.15) is 40.3 Å². The Balaban J connectivity index is 1.54. The number of morpholine rings is 1. The number of rotatable bonds is 4. The lowest BCUT2D eigenvalue weighted by Crippen LogP contribution is -2.50. The van der Waals surface area contributed by atoms with Crippen LogP contribution >= 0.6 is 0 Å². The molecule has 10 heteroatoms. The Kier molecular flexibility index (Phi) is 7.19. The number of amides is 2. The summed E-state index contributed by atoms with van der Waals surface area (Å²) in [7, 11) is 0. The molecule has 38 heavy (non-hydrogen) atoms. The van der Waals surface area contributed by atoms with Crippen molar-refractivity contribution >= 4 is 22.7 Å². The summed E-state index contributed by atoms with van der Waals surface area (Å²) in [6, 6.07) is 12.2. The average Bonchev–Trinajstić information content (AvgIpc) is 3.31. The Labute approximate surface area is 219 Å². The van der Waals surface area contributed by atoms with Crippen LogP contribution in [0.3, 0.4) is 0 Å². The first-order valence-electron chi connectivity index (χ1n) is 12.9. The highest BCUT2D eigenvalue weighted by molar-refractivity contribution is 6.03. The third kappa shape index (κ3) is 5.15. The molecule has 5 rings (SSSR count). The number of fused-ring (bicyclic) bond motifs is 1. The minimum absolute atomic E-state index is 0.0943. The smallest absolute Gasteiger partial charge is 0.378 e. The number of benzene rings is 2. The minimum atomic E-state index is -4.52. The van der Waals surface area contributed by atoms with Gasteiger partial charge in [-0.3, -0.25) is 14.5 Å². The van der Waals surface area contributed by atoms with E-state index in [0.29, 0.717) is 61.9 Å². The zero-order valence-corrected chi connectivity index (χ0v) is 21.5. The summed E-state index contributed by atoms with van der Waals surface area (Å²) in [6.07, 6.45) is -4.52. The largest absolute Gasteiger partial charge is 0.416 e. The quantitative estimate of drug-likeness (QED) is 0.507. The molecule has 0 radical (unpaired) electrons. The molecule has 7 nitrogen and oxygen atoms in total. The van der Waals surface area contributed by atoms with E-state index in [1.807, 2.05) is 4.90 Å². The lowest BCUT2D eigenvalue weighted by Gasteiger charge is -2.37. The van der Waals surface area contributed by atoms with Crippen LogP contribution < -0.4 is 0 Å². The van der Waals surface area contributed by atoms with Gasteiger partial charge in [-0.2, -0.15) is 13.2 Å². The van der Waals surface area contributed by atoms with E-state index in [2.05, 4.69) is 18.7 Å². The number of nitrogens with zero attached hydrogens (tertiary/aromatic N) is 4. The molecule has 1 aromatic heterocycles. The molecule has 2 fully saturated rings. The van der Waals surface area contributed by atoms with Gasteiger partial charge in [0.2, 0.25) is 0 Å². The van der Waals surface area contributed by atoms with Crippen molar-refractivity contribution in [2.45, 2.75) is 26.1 Å². The fourth-order valence-corrected chi connectivity index (χ4v) is 5.16. The van der Waals surface area contributed by atoms with Crippen LogP contribution in [0.5, 0.6) is 0 Å². The standard InChI is InChI=1S/C28H31F3N4O3/c1-19(2)32-8-10-33(11-9-32)26(36)20-6-7-24-21(16-20)17-25(27(37)34-12-14-38-15-13-34)35(24)23-5-3-4-22(18-23)28(29,30)31/h3-7,16-19H,8-15H2,1-2H3. The van der Waals surface area contributed by atoms with Crippen molar-refractivity contribution in [3.63, 3.8) is 0 Å². The number of alkyl halides is 3. The van der Waals surface area contributed by atoms with Crippen LogP contribution in [0.15, 0.2) is 48.5 Å². The van der Waals surface area contributed by atoms with Gasteiger partial charge in [-0.15, -0.1) is 0 Å². The number of ether oxygens (including phenoxy) is 1. The third-order valence-corrected chi connectivity index (χ3v) is 7.33. The van der Waals surface area contributed by atoms with Gasteiger partial charge in [0.05, 0.1) is 24.3 Å². The first-order valence-corrected chi connectivity index (χ1v) is 12.9. The van der Waals surface area contributed by atoms with Crippen LogP contribution in [0.4, 0.5) is 13.2 Å². The second-order valence-electron chi connectivity index (χ2n) is 10.0. The first kappa shape index (κ1) is 26.2. The Hall–Kier alpha value is -3.37. The van der Waals surface area contributed by atoms with Gasteiger partial charge in [0.25, 0.3) is 11.8 Å². The van der Waals surface area contributed by atoms with E-state index in [0.717, 1.165) is 25.2 Å². The highest BCUT2D eigenvalue weighted by Gasteiger charge is 2.32. The van der Waals surface area contributed by atoms with E-state index in [1.54, 1.807) is 39.8 Å². The van der Waals surface area contributed by atoms with Crippen LogP contribution in [0.2, 0.25) is 0 Å². The Bertz CT molecular complexity index is 1340. The molecule has 0 aliphatic carbocycles. The van der Waals surface area contributed by atoms with Gasteiger partial charge in [0.1, 0.15) is 5.69 Å². The summed E-state index contributed by atoms with van der Waals surface area (Å²) in [6.45, 7) is 8.72. The molecule has 202 valence electrons. The number of piperazine rings is 1. The topological polar surface area (TPSA) is 58.0 Å². The zero-order valence-electron chi connectivity index (χ0n) is 21.5. The highest BCUT2D eigenvalue weighted by Crippen LogP contribution is 2.33. The third-order valence-electron chi connectivity index (χ3n) is 7.33. The maximum Gasteiger partial charge on any atom is 0.416 e.